The molecule has 152 valence electrons. The van der Waals surface area contributed by atoms with Gasteiger partial charge in [0, 0.05) is 13.2 Å². The molecule has 0 aromatic rings. The van der Waals surface area contributed by atoms with Gasteiger partial charge in [-0.25, -0.2) is 0 Å². The summed E-state index contributed by atoms with van der Waals surface area (Å²) in [4.78, 5) is 0. The zero-order valence-electron chi connectivity index (χ0n) is 18.2. The van der Waals surface area contributed by atoms with Crippen LogP contribution in [-0.4, -0.2) is 21.8 Å². The summed E-state index contributed by atoms with van der Waals surface area (Å²) in [7, 11) is -1.89. The first-order valence-electron chi connectivity index (χ1n) is 11.3. The second kappa shape index (κ2) is 17.5. The van der Waals surface area contributed by atoms with Crippen molar-refractivity contribution in [1.29, 1.82) is 0 Å². The largest absolute Gasteiger partial charge is 0.395 e. The van der Waals surface area contributed by atoms with Crippen molar-refractivity contribution >= 4 is 8.56 Å². The van der Waals surface area contributed by atoms with Gasteiger partial charge in [0.15, 0.2) is 0 Å². The molecule has 0 spiro atoms. The Morgan fingerprint density at radius 2 is 1.08 bits per heavy atom. The molecule has 0 rings (SSSR count). The second-order valence-electron chi connectivity index (χ2n) is 8.32. The molecule has 2 nitrogen and oxygen atoms in total. The fraction of sp³-hybridized carbons (Fsp3) is 1.00. The van der Waals surface area contributed by atoms with Crippen LogP contribution in [0.4, 0.5) is 0 Å². The van der Waals surface area contributed by atoms with Gasteiger partial charge in [0.05, 0.1) is 0 Å². The highest BCUT2D eigenvalue weighted by atomic mass is 28.4. The topological polar surface area (TPSA) is 18.5 Å². The highest BCUT2D eigenvalue weighted by Crippen LogP contribution is 2.14. The first kappa shape index (κ1) is 25.1. The van der Waals surface area contributed by atoms with Crippen LogP contribution in [0.3, 0.4) is 0 Å². The lowest BCUT2D eigenvalue weighted by atomic mass is 10.0. The minimum absolute atomic E-state index is 0.645. The molecule has 0 aliphatic carbocycles. The fourth-order valence-electron chi connectivity index (χ4n) is 2.94. The van der Waals surface area contributed by atoms with Crippen molar-refractivity contribution in [3.63, 3.8) is 0 Å². The van der Waals surface area contributed by atoms with E-state index in [1.165, 1.54) is 89.9 Å². The van der Waals surface area contributed by atoms with E-state index in [1.807, 2.05) is 0 Å². The molecule has 0 N–H and O–H groups in total. The van der Waals surface area contributed by atoms with Gasteiger partial charge in [-0.1, -0.05) is 104 Å². The Balaban J connectivity index is 3.27. The molecule has 0 radical (unpaired) electrons. The van der Waals surface area contributed by atoms with Gasteiger partial charge in [-0.15, -0.1) is 0 Å². The SMILES string of the molecule is CCCCCCCCCCCCCCCO[Si](C)(C)OCC(C)CC. The second-order valence-corrected chi connectivity index (χ2v) is 11.7. The average molecular weight is 373 g/mol. The maximum Gasteiger partial charge on any atom is 0.331 e. The van der Waals surface area contributed by atoms with Crippen LogP contribution < -0.4 is 0 Å². The fourth-order valence-corrected chi connectivity index (χ4v) is 4.35. The van der Waals surface area contributed by atoms with Crippen LogP contribution in [0.1, 0.15) is 111 Å². The average Bonchev–Trinajstić information content (AvgIpc) is 2.60. The monoisotopic (exact) mass is 372 g/mol. The van der Waals surface area contributed by atoms with E-state index < -0.39 is 8.56 Å². The van der Waals surface area contributed by atoms with E-state index in [2.05, 4.69) is 33.9 Å². The molecule has 3 heteroatoms. The van der Waals surface area contributed by atoms with E-state index in [4.69, 9.17) is 8.85 Å². The minimum Gasteiger partial charge on any atom is -0.395 e. The van der Waals surface area contributed by atoms with Crippen LogP contribution in [0.25, 0.3) is 0 Å². The quantitative estimate of drug-likeness (QED) is 0.170. The molecule has 0 aromatic carbocycles. The number of hydrogen-bond acceptors (Lipinski definition) is 2. The summed E-state index contributed by atoms with van der Waals surface area (Å²) in [5, 5.41) is 0. The van der Waals surface area contributed by atoms with Crippen LogP contribution in [0.2, 0.25) is 13.1 Å². The summed E-state index contributed by atoms with van der Waals surface area (Å²) < 4.78 is 12.1. The molecule has 0 heterocycles. The molecule has 0 bridgehead atoms. The van der Waals surface area contributed by atoms with E-state index in [9.17, 15) is 0 Å². The summed E-state index contributed by atoms with van der Waals surface area (Å²) in [6.45, 7) is 12.9. The van der Waals surface area contributed by atoms with Crippen molar-refractivity contribution in [1.82, 2.24) is 0 Å². The summed E-state index contributed by atoms with van der Waals surface area (Å²) in [6, 6.07) is 0. The standard InChI is InChI=1S/C22H48O2Si/c1-6-8-9-10-11-12-13-14-15-16-17-18-19-20-23-25(4,5)24-21-22(3)7-2/h22H,6-21H2,1-5H3. The molecular weight excluding hydrogens is 324 g/mol. The molecule has 0 amide bonds. The molecule has 1 unspecified atom stereocenters. The number of rotatable bonds is 19. The van der Waals surface area contributed by atoms with E-state index in [0.29, 0.717) is 5.92 Å². The van der Waals surface area contributed by atoms with Gasteiger partial charge in [0.1, 0.15) is 0 Å². The zero-order chi connectivity index (χ0) is 18.8. The summed E-state index contributed by atoms with van der Waals surface area (Å²) >= 11 is 0. The number of hydrogen-bond donors (Lipinski definition) is 0. The normalized spacial score (nSPS) is 13.3. The maximum absolute atomic E-state index is 6.04. The smallest absolute Gasteiger partial charge is 0.331 e. The molecule has 1 atom stereocenters. The molecule has 25 heavy (non-hydrogen) atoms. The molecule has 0 saturated carbocycles. The first-order valence-corrected chi connectivity index (χ1v) is 14.1. The van der Waals surface area contributed by atoms with Gasteiger partial charge in [0.25, 0.3) is 0 Å². The Morgan fingerprint density at radius 1 is 0.640 bits per heavy atom. The lowest BCUT2D eigenvalue weighted by Gasteiger charge is -2.24. The Bertz CT molecular complexity index is 269. The third-order valence-corrected chi connectivity index (χ3v) is 6.87. The predicted octanol–water partition coefficient (Wildman–Crippen LogP) is 7.86. The Labute approximate surface area is 160 Å². The van der Waals surface area contributed by atoms with Gasteiger partial charge < -0.3 is 8.85 Å². The highest BCUT2D eigenvalue weighted by molar-refractivity contribution is 6.64. The van der Waals surface area contributed by atoms with E-state index in [0.717, 1.165) is 13.2 Å². The zero-order valence-corrected chi connectivity index (χ0v) is 19.2. The van der Waals surface area contributed by atoms with E-state index in [1.54, 1.807) is 0 Å². The van der Waals surface area contributed by atoms with Crippen LogP contribution >= 0.6 is 0 Å². The Kier molecular flexibility index (Phi) is 17.6. The van der Waals surface area contributed by atoms with Crippen molar-refractivity contribution in [3.8, 4) is 0 Å². The molecule has 0 aromatic heterocycles. The number of unbranched alkanes of at least 4 members (excludes halogenated alkanes) is 12. The highest BCUT2D eigenvalue weighted by Gasteiger charge is 2.24. The minimum atomic E-state index is -1.89. The van der Waals surface area contributed by atoms with Gasteiger partial charge >= 0.3 is 8.56 Å². The van der Waals surface area contributed by atoms with Crippen molar-refractivity contribution in [3.05, 3.63) is 0 Å². The summed E-state index contributed by atoms with van der Waals surface area (Å²) in [5.41, 5.74) is 0. The molecule has 0 fully saturated rings. The Morgan fingerprint density at radius 3 is 1.52 bits per heavy atom. The van der Waals surface area contributed by atoms with Crippen LogP contribution in [-0.2, 0) is 8.85 Å². The summed E-state index contributed by atoms with van der Waals surface area (Å²) in [5.74, 6) is 0.645. The maximum atomic E-state index is 6.04. The first-order chi connectivity index (χ1) is 12.0. The van der Waals surface area contributed by atoms with Gasteiger partial charge in [-0.05, 0) is 25.4 Å². The van der Waals surface area contributed by atoms with Gasteiger partial charge in [-0.3, -0.25) is 0 Å². The van der Waals surface area contributed by atoms with Crippen LogP contribution in [0.5, 0.6) is 0 Å². The molecule has 0 aliphatic heterocycles. The third-order valence-electron chi connectivity index (χ3n) is 5.11. The molecule has 0 aliphatic rings. The van der Waals surface area contributed by atoms with E-state index in [-0.39, 0.29) is 0 Å². The van der Waals surface area contributed by atoms with Crippen molar-refractivity contribution < 1.29 is 8.85 Å². The third kappa shape index (κ3) is 18.7. The van der Waals surface area contributed by atoms with Gasteiger partial charge in [0.2, 0.25) is 0 Å². The summed E-state index contributed by atoms with van der Waals surface area (Å²) in [6.07, 6.45) is 19.4. The van der Waals surface area contributed by atoms with E-state index >= 15 is 0 Å². The lowest BCUT2D eigenvalue weighted by molar-refractivity contribution is 0.154. The molecular formula is C22H48O2Si. The van der Waals surface area contributed by atoms with Crippen molar-refractivity contribution in [2.75, 3.05) is 13.2 Å². The van der Waals surface area contributed by atoms with Gasteiger partial charge in [-0.2, -0.15) is 0 Å². The van der Waals surface area contributed by atoms with Crippen LogP contribution in [0.15, 0.2) is 0 Å². The van der Waals surface area contributed by atoms with Crippen molar-refractivity contribution in [2.45, 2.75) is 124 Å². The van der Waals surface area contributed by atoms with Crippen LogP contribution in [0, 0.1) is 5.92 Å². The lowest BCUT2D eigenvalue weighted by Crippen LogP contribution is -2.36. The Hall–Kier alpha value is 0.137. The molecule has 0 saturated heterocycles. The van der Waals surface area contributed by atoms with Crippen molar-refractivity contribution in [2.24, 2.45) is 5.92 Å². The predicted molar refractivity (Wildman–Crippen MR) is 115 cm³/mol.